The Balaban J connectivity index is 2.47. The fourth-order valence-corrected chi connectivity index (χ4v) is 1.74. The van der Waals surface area contributed by atoms with Crippen molar-refractivity contribution in [1.29, 1.82) is 0 Å². The Hall–Kier alpha value is -1.49. The molecule has 1 rings (SSSR count). The third kappa shape index (κ3) is 4.41. The van der Waals surface area contributed by atoms with Crippen LogP contribution in [-0.2, 0) is 11.2 Å². The predicted octanol–water partition coefficient (Wildman–Crippen LogP) is 1.80. The molecule has 98 valence electrons. The number of aromatic carboxylic acids is 1. The smallest absolute Gasteiger partial charge is 0.335 e. The van der Waals surface area contributed by atoms with Gasteiger partial charge in [-0.3, -0.25) is 4.79 Å². The molecule has 0 spiro atoms. The monoisotopic (exact) mass is 267 g/mol. The minimum atomic E-state index is -0.933. The molecule has 18 heavy (non-hydrogen) atoms. The first kappa shape index (κ1) is 14.6. The number of carboxylic acids is 1. The summed E-state index contributed by atoms with van der Waals surface area (Å²) >= 11 is 1.50. The Morgan fingerprint density at radius 3 is 2.78 bits per heavy atom. The third-order valence-electron chi connectivity index (χ3n) is 2.61. The molecule has 0 aromatic heterocycles. The molecule has 4 nitrogen and oxygen atoms in total. The summed E-state index contributed by atoms with van der Waals surface area (Å²) in [4.78, 5) is 22.3. The van der Waals surface area contributed by atoms with Crippen LogP contribution in [0.3, 0.4) is 0 Å². The van der Waals surface area contributed by atoms with Crippen LogP contribution in [0.2, 0.25) is 0 Å². The number of benzene rings is 1. The Morgan fingerprint density at radius 1 is 1.44 bits per heavy atom. The number of amides is 1. The van der Waals surface area contributed by atoms with Crippen molar-refractivity contribution in [3.05, 3.63) is 35.4 Å². The molecule has 1 aromatic carbocycles. The minimum absolute atomic E-state index is 0.0110. The van der Waals surface area contributed by atoms with Crippen LogP contribution in [0, 0.1) is 0 Å². The molecule has 1 unspecified atom stereocenters. The Kier molecular flexibility index (Phi) is 5.71. The predicted molar refractivity (Wildman–Crippen MR) is 73.1 cm³/mol. The van der Waals surface area contributed by atoms with Gasteiger partial charge in [0, 0.05) is 6.54 Å². The second-order valence-electron chi connectivity index (χ2n) is 3.92. The lowest BCUT2D eigenvalue weighted by atomic mass is 10.1. The number of hydrogen-bond donors (Lipinski definition) is 2. The van der Waals surface area contributed by atoms with Crippen molar-refractivity contribution in [1.82, 2.24) is 5.32 Å². The van der Waals surface area contributed by atoms with Crippen molar-refractivity contribution in [3.8, 4) is 0 Å². The van der Waals surface area contributed by atoms with Crippen LogP contribution in [0.4, 0.5) is 0 Å². The number of carboxylic acid groups (broad SMARTS) is 1. The quantitative estimate of drug-likeness (QED) is 0.824. The van der Waals surface area contributed by atoms with E-state index in [1.54, 1.807) is 18.2 Å². The summed E-state index contributed by atoms with van der Waals surface area (Å²) in [5.41, 5.74) is 1.18. The van der Waals surface area contributed by atoms with Gasteiger partial charge in [0.15, 0.2) is 0 Å². The van der Waals surface area contributed by atoms with Crippen LogP contribution in [-0.4, -0.2) is 35.0 Å². The zero-order valence-electron chi connectivity index (χ0n) is 10.5. The number of nitrogens with one attached hydrogen (secondary N) is 1. The van der Waals surface area contributed by atoms with Gasteiger partial charge in [-0.1, -0.05) is 12.1 Å². The lowest BCUT2D eigenvalue weighted by Crippen LogP contribution is -2.32. The molecular formula is C13H17NO3S. The van der Waals surface area contributed by atoms with E-state index in [0.717, 1.165) is 5.56 Å². The lowest BCUT2D eigenvalue weighted by molar-refractivity contribution is -0.120. The van der Waals surface area contributed by atoms with Crippen molar-refractivity contribution < 1.29 is 14.7 Å². The second-order valence-corrected chi connectivity index (χ2v) is 5.10. The summed E-state index contributed by atoms with van der Waals surface area (Å²) in [7, 11) is 0. The number of carbonyl (C=O) groups excluding carboxylic acids is 1. The van der Waals surface area contributed by atoms with E-state index in [1.807, 2.05) is 19.2 Å². The molecule has 0 aliphatic heterocycles. The van der Waals surface area contributed by atoms with Crippen LogP contribution in [0.25, 0.3) is 0 Å². The first-order valence-electron chi connectivity index (χ1n) is 5.67. The lowest BCUT2D eigenvalue weighted by Gasteiger charge is -2.09. The van der Waals surface area contributed by atoms with Gasteiger partial charge in [-0.05, 0) is 37.3 Å². The van der Waals surface area contributed by atoms with E-state index in [-0.39, 0.29) is 16.7 Å². The molecule has 0 bridgehead atoms. The summed E-state index contributed by atoms with van der Waals surface area (Å²) in [5, 5.41) is 11.6. The molecule has 0 saturated carbocycles. The van der Waals surface area contributed by atoms with E-state index in [1.165, 1.54) is 11.8 Å². The van der Waals surface area contributed by atoms with Gasteiger partial charge in [0.1, 0.15) is 0 Å². The fourth-order valence-electron chi connectivity index (χ4n) is 1.44. The highest BCUT2D eigenvalue weighted by Crippen LogP contribution is 2.07. The van der Waals surface area contributed by atoms with Gasteiger partial charge in [-0.25, -0.2) is 4.79 Å². The number of rotatable bonds is 6. The SMILES string of the molecule is CSC(C)C(=O)NCCc1cccc(C(=O)O)c1. The van der Waals surface area contributed by atoms with Gasteiger partial charge in [0.2, 0.25) is 5.91 Å². The highest BCUT2D eigenvalue weighted by atomic mass is 32.2. The maximum Gasteiger partial charge on any atom is 0.335 e. The van der Waals surface area contributed by atoms with Crippen molar-refractivity contribution in [2.75, 3.05) is 12.8 Å². The number of thioether (sulfide) groups is 1. The largest absolute Gasteiger partial charge is 0.478 e. The molecule has 0 radical (unpaired) electrons. The molecular weight excluding hydrogens is 250 g/mol. The first-order valence-corrected chi connectivity index (χ1v) is 6.96. The van der Waals surface area contributed by atoms with Crippen molar-refractivity contribution in [2.24, 2.45) is 0 Å². The van der Waals surface area contributed by atoms with Gasteiger partial charge in [-0.15, -0.1) is 0 Å². The molecule has 1 amide bonds. The van der Waals surface area contributed by atoms with Gasteiger partial charge >= 0.3 is 5.97 Å². The van der Waals surface area contributed by atoms with Crippen molar-refractivity contribution in [2.45, 2.75) is 18.6 Å². The summed E-state index contributed by atoms with van der Waals surface area (Å²) in [6.45, 7) is 2.37. The van der Waals surface area contributed by atoms with Crippen molar-refractivity contribution in [3.63, 3.8) is 0 Å². The third-order valence-corrected chi connectivity index (χ3v) is 3.53. The average Bonchev–Trinajstić information content (AvgIpc) is 2.38. The van der Waals surface area contributed by atoms with Gasteiger partial charge in [0.25, 0.3) is 0 Å². The molecule has 2 N–H and O–H groups in total. The molecule has 0 saturated heterocycles. The molecule has 0 aliphatic carbocycles. The maximum atomic E-state index is 11.5. The standard InChI is InChI=1S/C13H17NO3S/c1-9(18-2)12(15)14-7-6-10-4-3-5-11(8-10)13(16)17/h3-5,8-9H,6-7H2,1-2H3,(H,14,15)(H,16,17). The van der Waals surface area contributed by atoms with Crippen LogP contribution < -0.4 is 5.32 Å². The molecule has 5 heteroatoms. The highest BCUT2D eigenvalue weighted by Gasteiger charge is 2.10. The van der Waals surface area contributed by atoms with Gasteiger partial charge in [0.05, 0.1) is 10.8 Å². The molecule has 1 atom stereocenters. The van der Waals surface area contributed by atoms with E-state index in [0.29, 0.717) is 13.0 Å². The Bertz CT molecular complexity index is 434. The summed E-state index contributed by atoms with van der Waals surface area (Å²) in [5.74, 6) is -0.922. The summed E-state index contributed by atoms with van der Waals surface area (Å²) in [6, 6.07) is 6.76. The Morgan fingerprint density at radius 2 is 2.17 bits per heavy atom. The van der Waals surface area contributed by atoms with E-state index in [4.69, 9.17) is 5.11 Å². The number of carbonyl (C=O) groups is 2. The number of hydrogen-bond acceptors (Lipinski definition) is 3. The van der Waals surface area contributed by atoms with E-state index in [9.17, 15) is 9.59 Å². The highest BCUT2D eigenvalue weighted by molar-refractivity contribution is 7.99. The van der Waals surface area contributed by atoms with Crippen LogP contribution in [0.1, 0.15) is 22.8 Å². The summed E-state index contributed by atoms with van der Waals surface area (Å²) in [6.07, 6.45) is 2.52. The topological polar surface area (TPSA) is 66.4 Å². The summed E-state index contributed by atoms with van der Waals surface area (Å²) < 4.78 is 0. The maximum absolute atomic E-state index is 11.5. The molecule has 0 heterocycles. The minimum Gasteiger partial charge on any atom is -0.478 e. The normalized spacial score (nSPS) is 11.9. The van der Waals surface area contributed by atoms with Gasteiger partial charge in [-0.2, -0.15) is 11.8 Å². The zero-order chi connectivity index (χ0) is 13.5. The van der Waals surface area contributed by atoms with Crippen molar-refractivity contribution >= 4 is 23.6 Å². The molecule has 0 aliphatic rings. The van der Waals surface area contributed by atoms with E-state index < -0.39 is 5.97 Å². The molecule has 1 aromatic rings. The first-order chi connectivity index (χ1) is 8.54. The van der Waals surface area contributed by atoms with Crippen LogP contribution >= 0.6 is 11.8 Å². The average molecular weight is 267 g/mol. The second kappa shape index (κ2) is 7.06. The van der Waals surface area contributed by atoms with Gasteiger partial charge < -0.3 is 10.4 Å². The Labute approximate surface area is 111 Å². The zero-order valence-corrected chi connectivity index (χ0v) is 11.3. The van der Waals surface area contributed by atoms with Crippen LogP contribution in [0.15, 0.2) is 24.3 Å². The van der Waals surface area contributed by atoms with E-state index in [2.05, 4.69) is 5.32 Å². The van der Waals surface area contributed by atoms with E-state index >= 15 is 0 Å². The molecule has 0 fully saturated rings. The van der Waals surface area contributed by atoms with Crippen LogP contribution in [0.5, 0.6) is 0 Å². The fraction of sp³-hybridized carbons (Fsp3) is 0.385.